The second kappa shape index (κ2) is 7.31. The van der Waals surface area contributed by atoms with Crippen molar-refractivity contribution in [3.8, 4) is 0 Å². The molecule has 0 aromatic heterocycles. The van der Waals surface area contributed by atoms with Gasteiger partial charge in [0.15, 0.2) is 0 Å². The van der Waals surface area contributed by atoms with Crippen LogP contribution in [0.3, 0.4) is 0 Å². The molecule has 2 N–H and O–H groups in total. The number of anilines is 1. The maximum absolute atomic E-state index is 13.5. The maximum Gasteiger partial charge on any atom is 0.244 e. The van der Waals surface area contributed by atoms with Gasteiger partial charge in [-0.1, -0.05) is 23.7 Å². The van der Waals surface area contributed by atoms with Gasteiger partial charge in [0, 0.05) is 19.5 Å². The summed E-state index contributed by atoms with van der Waals surface area (Å²) >= 11 is 6.11. The van der Waals surface area contributed by atoms with Gasteiger partial charge in [0.2, 0.25) is 17.7 Å². The van der Waals surface area contributed by atoms with Crippen molar-refractivity contribution in [2.45, 2.75) is 51.0 Å². The molecule has 4 atom stereocenters. The molecule has 1 aromatic rings. The molecule has 0 saturated heterocycles. The smallest absolute Gasteiger partial charge is 0.244 e. The monoisotopic (exact) mass is 417 g/mol. The first-order valence-corrected chi connectivity index (χ1v) is 10.7. The minimum absolute atomic E-state index is 0.0196. The highest BCUT2D eigenvalue weighted by Gasteiger charge is 2.61. The van der Waals surface area contributed by atoms with Crippen molar-refractivity contribution in [2.75, 3.05) is 18.9 Å². The zero-order valence-corrected chi connectivity index (χ0v) is 17.7. The summed E-state index contributed by atoms with van der Waals surface area (Å²) in [6, 6.07) is 7.04. The second-order valence-electron chi connectivity index (χ2n) is 9.39. The van der Waals surface area contributed by atoms with Gasteiger partial charge in [-0.05, 0) is 62.5 Å². The van der Waals surface area contributed by atoms with Crippen LogP contribution in [0.25, 0.3) is 0 Å². The van der Waals surface area contributed by atoms with E-state index in [4.69, 9.17) is 11.6 Å². The lowest BCUT2D eigenvalue weighted by molar-refractivity contribution is -0.162. The Morgan fingerprint density at radius 1 is 1.14 bits per heavy atom. The van der Waals surface area contributed by atoms with Gasteiger partial charge >= 0.3 is 0 Å². The molecule has 0 radical (unpaired) electrons. The van der Waals surface area contributed by atoms with Crippen LogP contribution in [0.1, 0.15) is 45.4 Å². The minimum atomic E-state index is -0.466. The molecular weight excluding hydrogens is 390 g/mol. The fraction of sp³-hybridized carbons (Fsp3) is 0.591. The van der Waals surface area contributed by atoms with Crippen molar-refractivity contribution < 1.29 is 14.4 Å². The number of amides is 3. The molecule has 6 nitrogen and oxygen atoms in total. The number of halogens is 1. The van der Waals surface area contributed by atoms with Gasteiger partial charge in [-0.2, -0.15) is 0 Å². The van der Waals surface area contributed by atoms with E-state index < -0.39 is 5.41 Å². The molecule has 2 unspecified atom stereocenters. The lowest BCUT2D eigenvalue weighted by atomic mass is 9.46. The summed E-state index contributed by atoms with van der Waals surface area (Å²) in [6.45, 7) is 1.53. The first-order chi connectivity index (χ1) is 13.7. The third kappa shape index (κ3) is 3.87. The Labute approximate surface area is 176 Å². The van der Waals surface area contributed by atoms with Crippen molar-refractivity contribution in [3.05, 3.63) is 29.3 Å². The number of nitrogens with zero attached hydrogens (tertiary/aromatic N) is 1. The molecule has 4 fully saturated rings. The Hall–Kier alpha value is -2.08. The Balaban J connectivity index is 1.46. The van der Waals surface area contributed by atoms with E-state index in [9.17, 15) is 14.4 Å². The fourth-order valence-electron chi connectivity index (χ4n) is 6.48. The average Bonchev–Trinajstić information content (AvgIpc) is 2.60. The number of carbonyl (C=O) groups is 3. The third-order valence-corrected chi connectivity index (χ3v) is 7.16. The SMILES string of the molecule is CC(=O)NC12C[C@H]3C[C@@H](C1)CC(C(=O)N(C)CC(=O)Nc1ccccc1Cl)(C3)C2. The molecule has 156 valence electrons. The van der Waals surface area contributed by atoms with Crippen LogP contribution < -0.4 is 10.6 Å². The van der Waals surface area contributed by atoms with Crippen LogP contribution in [0.15, 0.2) is 24.3 Å². The predicted octanol–water partition coefficient (Wildman–Crippen LogP) is 3.21. The molecule has 4 saturated carbocycles. The zero-order chi connectivity index (χ0) is 20.8. The molecular formula is C22H28ClN3O3. The zero-order valence-electron chi connectivity index (χ0n) is 17.0. The molecule has 3 amide bonds. The molecule has 29 heavy (non-hydrogen) atoms. The number of carbonyl (C=O) groups excluding carboxylic acids is 3. The quantitative estimate of drug-likeness (QED) is 0.772. The Kier molecular flexibility index (Phi) is 5.09. The van der Waals surface area contributed by atoms with Crippen molar-refractivity contribution in [1.82, 2.24) is 10.2 Å². The molecule has 0 spiro atoms. The van der Waals surface area contributed by atoms with E-state index in [2.05, 4.69) is 10.6 Å². The number of benzene rings is 1. The number of para-hydroxylation sites is 1. The van der Waals surface area contributed by atoms with E-state index in [1.165, 1.54) is 0 Å². The summed E-state index contributed by atoms with van der Waals surface area (Å²) in [5.74, 6) is 0.669. The van der Waals surface area contributed by atoms with E-state index in [1.807, 2.05) is 0 Å². The Bertz CT molecular complexity index is 841. The van der Waals surface area contributed by atoms with Gasteiger partial charge in [-0.3, -0.25) is 14.4 Å². The number of hydrogen-bond acceptors (Lipinski definition) is 3. The number of likely N-dealkylation sites (N-methyl/N-ethyl adjacent to an activating group) is 1. The van der Waals surface area contributed by atoms with Crippen molar-refractivity contribution >= 4 is 35.0 Å². The topological polar surface area (TPSA) is 78.5 Å². The molecule has 4 aliphatic rings. The van der Waals surface area contributed by atoms with E-state index in [0.29, 0.717) is 29.0 Å². The van der Waals surface area contributed by atoms with Gasteiger partial charge in [-0.15, -0.1) is 0 Å². The first-order valence-electron chi connectivity index (χ1n) is 10.3. The van der Waals surface area contributed by atoms with Crippen LogP contribution >= 0.6 is 11.6 Å². The van der Waals surface area contributed by atoms with Gasteiger partial charge in [0.25, 0.3) is 0 Å². The highest BCUT2D eigenvalue weighted by molar-refractivity contribution is 6.33. The number of hydrogen-bond donors (Lipinski definition) is 2. The first kappa shape index (κ1) is 20.2. The highest BCUT2D eigenvalue weighted by Crippen LogP contribution is 2.62. The molecule has 1 aromatic carbocycles. The van der Waals surface area contributed by atoms with Gasteiger partial charge < -0.3 is 15.5 Å². The second-order valence-corrected chi connectivity index (χ2v) is 9.80. The largest absolute Gasteiger partial charge is 0.351 e. The van der Waals surface area contributed by atoms with Crippen molar-refractivity contribution in [1.29, 1.82) is 0 Å². The van der Waals surface area contributed by atoms with E-state index in [-0.39, 0.29) is 29.8 Å². The standard InChI is InChI=1S/C22H28ClN3O3/c1-14(27)25-22-10-15-7-16(11-22)9-21(8-15,13-22)20(29)26(2)12-19(28)24-18-6-4-3-5-17(18)23/h3-6,15-16H,7-13H2,1-2H3,(H,24,28)(H,25,27)/t15-,16+,21?,22?. The highest BCUT2D eigenvalue weighted by atomic mass is 35.5. The van der Waals surface area contributed by atoms with Gasteiger partial charge in [0.05, 0.1) is 22.7 Å². The lowest BCUT2D eigenvalue weighted by Gasteiger charge is -2.61. The third-order valence-electron chi connectivity index (χ3n) is 6.83. The van der Waals surface area contributed by atoms with Crippen LogP contribution in [-0.2, 0) is 14.4 Å². The summed E-state index contributed by atoms with van der Waals surface area (Å²) in [7, 11) is 1.69. The van der Waals surface area contributed by atoms with Crippen LogP contribution in [0.2, 0.25) is 5.02 Å². The number of rotatable bonds is 5. The molecule has 7 heteroatoms. The maximum atomic E-state index is 13.5. The Morgan fingerprint density at radius 2 is 1.79 bits per heavy atom. The van der Waals surface area contributed by atoms with Crippen LogP contribution in [0.4, 0.5) is 5.69 Å². The number of nitrogens with one attached hydrogen (secondary N) is 2. The molecule has 4 bridgehead atoms. The van der Waals surface area contributed by atoms with Crippen LogP contribution in [-0.4, -0.2) is 41.8 Å². The average molecular weight is 418 g/mol. The van der Waals surface area contributed by atoms with Gasteiger partial charge in [0.1, 0.15) is 0 Å². The van der Waals surface area contributed by atoms with Crippen molar-refractivity contribution in [2.24, 2.45) is 17.3 Å². The fourth-order valence-corrected chi connectivity index (χ4v) is 6.66. The summed E-state index contributed by atoms with van der Waals surface area (Å²) < 4.78 is 0. The van der Waals surface area contributed by atoms with E-state index in [0.717, 1.165) is 32.1 Å². The summed E-state index contributed by atoms with van der Waals surface area (Å²) in [5, 5.41) is 6.43. The van der Waals surface area contributed by atoms with E-state index in [1.54, 1.807) is 43.1 Å². The lowest BCUT2D eigenvalue weighted by Crippen LogP contribution is -2.66. The molecule has 0 aliphatic heterocycles. The summed E-state index contributed by atoms with van der Waals surface area (Å²) in [5.41, 5.74) is -0.183. The minimum Gasteiger partial charge on any atom is -0.351 e. The predicted molar refractivity (Wildman–Crippen MR) is 111 cm³/mol. The summed E-state index contributed by atoms with van der Waals surface area (Å²) in [6.07, 6.45) is 5.48. The van der Waals surface area contributed by atoms with Gasteiger partial charge in [-0.25, -0.2) is 0 Å². The van der Waals surface area contributed by atoms with Crippen molar-refractivity contribution in [3.63, 3.8) is 0 Å². The molecule has 0 heterocycles. The molecule has 4 aliphatic carbocycles. The van der Waals surface area contributed by atoms with Crippen LogP contribution in [0, 0.1) is 17.3 Å². The van der Waals surface area contributed by atoms with Crippen LogP contribution in [0.5, 0.6) is 0 Å². The summed E-state index contributed by atoms with van der Waals surface area (Å²) in [4.78, 5) is 39.3. The molecule has 5 rings (SSSR count). The van der Waals surface area contributed by atoms with E-state index >= 15 is 0 Å². The normalized spacial score (nSPS) is 32.0. The Morgan fingerprint density at radius 3 is 2.41 bits per heavy atom.